The van der Waals surface area contributed by atoms with Crippen LogP contribution in [-0.2, 0) is 31.1 Å². The van der Waals surface area contributed by atoms with Crippen LogP contribution < -0.4 is 14.8 Å². The molecule has 13 heteroatoms. The molecule has 3 aromatic carbocycles. The minimum Gasteiger partial charge on any atom is -0.488 e. The fraction of sp³-hybridized carbons (Fsp3) is 0.293. The third kappa shape index (κ3) is 9.20. The molecule has 0 saturated carbocycles. The van der Waals surface area contributed by atoms with Crippen LogP contribution in [0.15, 0.2) is 79.4 Å². The molecule has 0 bridgehead atoms. The molecule has 3 heterocycles. The van der Waals surface area contributed by atoms with Crippen LogP contribution in [0, 0.1) is 25.2 Å². The number of nitrogens with zero attached hydrogens (tertiary/aromatic N) is 5. The topological polar surface area (TPSA) is 174 Å². The van der Waals surface area contributed by atoms with E-state index in [1.165, 1.54) is 6.20 Å². The smallest absolute Gasteiger partial charge is 0.323 e. The Labute approximate surface area is 318 Å². The number of aliphatic hydroxyl groups is 2. The third-order valence-corrected chi connectivity index (χ3v) is 9.80. The van der Waals surface area contributed by atoms with E-state index in [1.807, 2.05) is 36.7 Å². The fourth-order valence-electron chi connectivity index (χ4n) is 6.46. The van der Waals surface area contributed by atoms with Crippen LogP contribution in [0.1, 0.15) is 45.4 Å². The summed E-state index contributed by atoms with van der Waals surface area (Å²) in [5.41, 5.74) is 8.67. The van der Waals surface area contributed by atoms with Crippen LogP contribution in [0.2, 0.25) is 5.02 Å². The van der Waals surface area contributed by atoms with Gasteiger partial charge in [-0.15, -0.1) is 0 Å². The van der Waals surface area contributed by atoms with E-state index in [1.54, 1.807) is 24.4 Å². The number of aliphatic carboxylic acids is 1. The molecule has 1 aliphatic heterocycles. The number of β-amino-alcohol motifs (C(OH)–C–C–N with tert-alkyl or cyclic N) is 1. The van der Waals surface area contributed by atoms with Gasteiger partial charge in [0.05, 0.1) is 23.3 Å². The molecule has 54 heavy (non-hydrogen) atoms. The van der Waals surface area contributed by atoms with Gasteiger partial charge in [0.25, 0.3) is 0 Å². The largest absolute Gasteiger partial charge is 0.488 e. The molecule has 0 aliphatic carbocycles. The zero-order valence-electron chi connectivity index (χ0n) is 30.0. The van der Waals surface area contributed by atoms with Crippen LogP contribution in [-0.4, -0.2) is 73.0 Å². The summed E-state index contributed by atoms with van der Waals surface area (Å²) in [6.07, 6.45) is 7.29. The van der Waals surface area contributed by atoms with E-state index in [0.29, 0.717) is 52.1 Å². The Kier molecular flexibility index (Phi) is 12.5. The highest BCUT2D eigenvalue weighted by Crippen LogP contribution is 2.36. The van der Waals surface area contributed by atoms with Crippen molar-refractivity contribution < 1.29 is 29.6 Å². The summed E-state index contributed by atoms with van der Waals surface area (Å²) in [6, 6.07) is 18.0. The van der Waals surface area contributed by atoms with Gasteiger partial charge in [-0.3, -0.25) is 20.0 Å². The number of carboxylic acid groups (broad SMARTS) is 1. The second-order valence-electron chi connectivity index (χ2n) is 13.3. The van der Waals surface area contributed by atoms with Gasteiger partial charge in [0.15, 0.2) is 5.82 Å². The summed E-state index contributed by atoms with van der Waals surface area (Å²) < 4.78 is 12.4. The number of aromatic nitrogens is 3. The first kappa shape index (κ1) is 38.3. The molecule has 1 aliphatic rings. The molecule has 0 amide bonds. The molecule has 1 fully saturated rings. The summed E-state index contributed by atoms with van der Waals surface area (Å²) in [6.45, 7) is 6.09. The number of benzene rings is 3. The number of halogens is 1. The van der Waals surface area contributed by atoms with E-state index in [9.17, 15) is 25.4 Å². The SMILES string of the molecule is Cc1c(COc2cc(OCc3cncc(C#N)c3)c(CNC(CO)C(=O)O)cc2Cl)cccc1-c1cccc(-c2ncc(CN3CC[C@@H](O)C3)cn2)c1C. The standard InChI is InChI=1S/C41H41ClN6O6/c1-25-30(5-3-6-33(25)34-7-4-8-35(26(34)2)40-46-17-29(18-47-40)20-48-10-9-32(50)21-48)24-54-39-13-38(53-23-28-11-27(14-43)15-44-16-28)31(12-36(39)42)19-45-37(22-49)41(51)52/h3-8,11-13,15-18,32,37,45,49-50H,9-10,19-24H2,1-2H3,(H,51,52)/t32-,37?/m1/s1. The van der Waals surface area contributed by atoms with Crippen LogP contribution in [0.5, 0.6) is 11.5 Å². The number of pyridine rings is 1. The van der Waals surface area contributed by atoms with E-state index in [2.05, 4.69) is 47.3 Å². The number of nitrogens with one attached hydrogen (secondary N) is 1. The first-order chi connectivity index (χ1) is 26.1. The second kappa shape index (κ2) is 17.6. The normalized spacial score (nSPS) is 14.8. The van der Waals surface area contributed by atoms with Gasteiger partial charge in [0.1, 0.15) is 36.8 Å². The van der Waals surface area contributed by atoms with Crippen molar-refractivity contribution in [1.82, 2.24) is 25.2 Å². The monoisotopic (exact) mass is 748 g/mol. The van der Waals surface area contributed by atoms with Crippen molar-refractivity contribution in [2.24, 2.45) is 0 Å². The molecular weight excluding hydrogens is 708 g/mol. The molecule has 5 aromatic rings. The highest BCUT2D eigenvalue weighted by molar-refractivity contribution is 6.32. The summed E-state index contributed by atoms with van der Waals surface area (Å²) >= 11 is 6.71. The van der Waals surface area contributed by atoms with Gasteiger partial charge in [0.2, 0.25) is 0 Å². The van der Waals surface area contributed by atoms with E-state index < -0.39 is 18.6 Å². The number of ether oxygens (including phenoxy) is 2. The number of likely N-dealkylation sites (tertiary alicyclic amines) is 1. The first-order valence-electron chi connectivity index (χ1n) is 17.5. The van der Waals surface area contributed by atoms with Gasteiger partial charge in [-0.1, -0.05) is 48.0 Å². The number of hydrogen-bond acceptors (Lipinski definition) is 11. The summed E-state index contributed by atoms with van der Waals surface area (Å²) in [5, 5.41) is 41.2. The minimum absolute atomic E-state index is 0.0434. The van der Waals surface area contributed by atoms with Crippen molar-refractivity contribution in [3.05, 3.63) is 123 Å². The zero-order valence-corrected chi connectivity index (χ0v) is 30.8. The Morgan fingerprint density at radius 3 is 2.39 bits per heavy atom. The molecule has 6 rings (SSSR count). The van der Waals surface area contributed by atoms with Crippen molar-refractivity contribution >= 4 is 17.6 Å². The molecule has 12 nitrogen and oxygen atoms in total. The molecule has 278 valence electrons. The van der Waals surface area contributed by atoms with Crippen LogP contribution in [0.3, 0.4) is 0 Å². The van der Waals surface area contributed by atoms with Crippen molar-refractivity contribution in [1.29, 1.82) is 5.26 Å². The first-order valence-corrected chi connectivity index (χ1v) is 17.9. The molecule has 1 unspecified atom stereocenters. The van der Waals surface area contributed by atoms with E-state index in [-0.39, 0.29) is 25.9 Å². The molecule has 0 radical (unpaired) electrons. The number of hydrogen-bond donors (Lipinski definition) is 4. The van der Waals surface area contributed by atoms with E-state index in [0.717, 1.165) is 51.9 Å². The number of carbonyl (C=O) groups is 1. The van der Waals surface area contributed by atoms with Crippen molar-refractivity contribution in [3.63, 3.8) is 0 Å². The molecule has 1 saturated heterocycles. The van der Waals surface area contributed by atoms with Gasteiger partial charge in [-0.05, 0) is 60.2 Å². The predicted octanol–water partition coefficient (Wildman–Crippen LogP) is 5.61. The Balaban J connectivity index is 1.21. The van der Waals surface area contributed by atoms with Crippen LogP contribution in [0.25, 0.3) is 22.5 Å². The Bertz CT molecular complexity index is 2160. The summed E-state index contributed by atoms with van der Waals surface area (Å²) in [7, 11) is 0. The average molecular weight is 749 g/mol. The van der Waals surface area contributed by atoms with Gasteiger partial charge in [0, 0.05) is 79.3 Å². The quantitative estimate of drug-likeness (QED) is 0.104. The second-order valence-corrected chi connectivity index (χ2v) is 13.7. The number of aliphatic hydroxyl groups excluding tert-OH is 2. The van der Waals surface area contributed by atoms with Crippen LogP contribution in [0.4, 0.5) is 0 Å². The van der Waals surface area contributed by atoms with Gasteiger partial charge >= 0.3 is 5.97 Å². The molecule has 2 atom stereocenters. The van der Waals surface area contributed by atoms with E-state index in [4.69, 9.17) is 31.0 Å². The highest BCUT2D eigenvalue weighted by atomic mass is 35.5. The van der Waals surface area contributed by atoms with Crippen molar-refractivity contribution in [2.45, 2.75) is 58.7 Å². The zero-order chi connectivity index (χ0) is 38.2. The lowest BCUT2D eigenvalue weighted by molar-refractivity contribution is -0.140. The molecule has 0 spiro atoms. The molecule has 4 N–H and O–H groups in total. The average Bonchev–Trinajstić information content (AvgIpc) is 3.59. The van der Waals surface area contributed by atoms with Gasteiger partial charge in [-0.2, -0.15) is 5.26 Å². The molecule has 2 aromatic heterocycles. The Hall–Kier alpha value is -5.42. The van der Waals surface area contributed by atoms with E-state index >= 15 is 0 Å². The van der Waals surface area contributed by atoms with Gasteiger partial charge in [-0.25, -0.2) is 9.97 Å². The third-order valence-electron chi connectivity index (χ3n) is 9.51. The number of carboxylic acids is 1. The molecular formula is C41H41ClN6O6. The maximum absolute atomic E-state index is 11.5. The lowest BCUT2D eigenvalue weighted by atomic mass is 9.91. The van der Waals surface area contributed by atoms with Gasteiger partial charge < -0.3 is 24.8 Å². The highest BCUT2D eigenvalue weighted by Gasteiger charge is 2.21. The Morgan fingerprint density at radius 2 is 1.69 bits per heavy atom. The van der Waals surface area contributed by atoms with Crippen molar-refractivity contribution in [2.75, 3.05) is 19.7 Å². The summed E-state index contributed by atoms with van der Waals surface area (Å²) in [4.78, 5) is 27.2. The minimum atomic E-state index is -1.19. The fourth-order valence-corrected chi connectivity index (χ4v) is 6.70. The number of rotatable bonds is 15. The maximum Gasteiger partial charge on any atom is 0.323 e. The lowest BCUT2D eigenvalue weighted by Crippen LogP contribution is -2.39. The van der Waals surface area contributed by atoms with Crippen LogP contribution >= 0.6 is 11.6 Å². The lowest BCUT2D eigenvalue weighted by Gasteiger charge is -2.19. The van der Waals surface area contributed by atoms with Crippen molar-refractivity contribution in [3.8, 4) is 40.1 Å². The predicted molar refractivity (Wildman–Crippen MR) is 203 cm³/mol. The maximum atomic E-state index is 11.5. The summed E-state index contributed by atoms with van der Waals surface area (Å²) in [5.74, 6) is 0.199. The Morgan fingerprint density at radius 1 is 0.963 bits per heavy atom. The number of nitriles is 1.